The molecule has 0 aliphatic rings. The fourth-order valence-electron chi connectivity index (χ4n) is 1.11. The van der Waals surface area contributed by atoms with Crippen LogP contribution in [0.1, 0.15) is 19.5 Å². The van der Waals surface area contributed by atoms with E-state index in [0.29, 0.717) is 5.69 Å². The second-order valence-electron chi connectivity index (χ2n) is 4.04. The lowest BCUT2D eigenvalue weighted by atomic mass is 10.0. The number of hydrogen-bond donors (Lipinski definition) is 1. The molecule has 0 saturated carbocycles. The summed E-state index contributed by atoms with van der Waals surface area (Å²) < 4.78 is 0. The van der Waals surface area contributed by atoms with Crippen LogP contribution >= 0.6 is 0 Å². The normalized spacial score (nSPS) is 10.9. The van der Waals surface area contributed by atoms with Gasteiger partial charge in [0.1, 0.15) is 11.8 Å². The molecule has 0 unspecified atom stereocenters. The standard InChI is InChI=1S/C11H15N3O/c1-11(2,8-15)14(3)10-5-4-9(6-12)13-7-10/h4-5,7,15H,8H2,1-3H3. The summed E-state index contributed by atoms with van der Waals surface area (Å²) in [6.07, 6.45) is 1.63. The number of aromatic nitrogens is 1. The topological polar surface area (TPSA) is 60.2 Å². The molecule has 0 atom stereocenters. The van der Waals surface area contributed by atoms with E-state index >= 15 is 0 Å². The minimum Gasteiger partial charge on any atom is -0.394 e. The number of hydrogen-bond acceptors (Lipinski definition) is 4. The van der Waals surface area contributed by atoms with Crippen LogP contribution in [-0.4, -0.2) is 29.3 Å². The summed E-state index contributed by atoms with van der Waals surface area (Å²) in [5, 5.41) is 17.8. The van der Waals surface area contributed by atoms with Crippen LogP contribution in [0.2, 0.25) is 0 Å². The molecule has 4 heteroatoms. The molecular formula is C11H15N3O. The van der Waals surface area contributed by atoms with E-state index in [2.05, 4.69) is 4.98 Å². The van der Waals surface area contributed by atoms with Crippen molar-refractivity contribution in [2.24, 2.45) is 0 Å². The van der Waals surface area contributed by atoms with Crippen molar-refractivity contribution in [3.8, 4) is 6.07 Å². The molecule has 80 valence electrons. The first-order valence-electron chi connectivity index (χ1n) is 4.72. The van der Waals surface area contributed by atoms with Crippen LogP contribution in [-0.2, 0) is 0 Å². The Morgan fingerprint density at radius 3 is 2.60 bits per heavy atom. The monoisotopic (exact) mass is 205 g/mol. The molecule has 0 radical (unpaired) electrons. The van der Waals surface area contributed by atoms with Gasteiger partial charge in [0.25, 0.3) is 0 Å². The molecule has 0 aliphatic carbocycles. The SMILES string of the molecule is CN(c1ccc(C#N)nc1)C(C)(C)CO. The van der Waals surface area contributed by atoms with E-state index in [1.807, 2.05) is 37.9 Å². The minimum absolute atomic E-state index is 0.0590. The summed E-state index contributed by atoms with van der Waals surface area (Å²) in [5.74, 6) is 0. The molecular weight excluding hydrogens is 190 g/mol. The fourth-order valence-corrected chi connectivity index (χ4v) is 1.11. The number of pyridine rings is 1. The zero-order valence-corrected chi connectivity index (χ0v) is 9.23. The van der Waals surface area contributed by atoms with Crippen molar-refractivity contribution in [1.82, 2.24) is 4.98 Å². The Morgan fingerprint density at radius 1 is 1.53 bits per heavy atom. The van der Waals surface area contributed by atoms with Crippen molar-refractivity contribution in [2.45, 2.75) is 19.4 Å². The van der Waals surface area contributed by atoms with Gasteiger partial charge < -0.3 is 10.0 Å². The number of likely N-dealkylation sites (N-methyl/N-ethyl adjacent to an activating group) is 1. The summed E-state index contributed by atoms with van der Waals surface area (Å²) >= 11 is 0. The van der Waals surface area contributed by atoms with E-state index < -0.39 is 0 Å². The predicted octanol–water partition coefficient (Wildman–Crippen LogP) is 1.16. The summed E-state index contributed by atoms with van der Waals surface area (Å²) in [7, 11) is 1.89. The maximum absolute atomic E-state index is 9.21. The average molecular weight is 205 g/mol. The van der Waals surface area contributed by atoms with Gasteiger partial charge in [-0.25, -0.2) is 4.98 Å². The van der Waals surface area contributed by atoms with Crippen molar-refractivity contribution >= 4 is 5.69 Å². The molecule has 0 spiro atoms. The lowest BCUT2D eigenvalue weighted by Gasteiger charge is -2.35. The molecule has 0 aliphatic heterocycles. The number of nitriles is 1. The molecule has 0 amide bonds. The zero-order valence-electron chi connectivity index (χ0n) is 9.23. The maximum atomic E-state index is 9.21. The molecule has 0 aromatic carbocycles. The molecule has 1 aromatic heterocycles. The van der Waals surface area contributed by atoms with Gasteiger partial charge in [-0.3, -0.25) is 0 Å². The Hall–Kier alpha value is -1.60. The first-order chi connectivity index (χ1) is 7.01. The van der Waals surface area contributed by atoms with Gasteiger partial charge in [-0.1, -0.05) is 0 Å². The smallest absolute Gasteiger partial charge is 0.140 e. The Balaban J connectivity index is 2.93. The van der Waals surface area contributed by atoms with Gasteiger partial charge in [0.05, 0.1) is 24.0 Å². The van der Waals surface area contributed by atoms with Gasteiger partial charge in [0.15, 0.2) is 0 Å². The van der Waals surface area contributed by atoms with Crippen molar-refractivity contribution in [1.29, 1.82) is 5.26 Å². The van der Waals surface area contributed by atoms with Crippen LogP contribution in [0.25, 0.3) is 0 Å². The number of nitrogens with zero attached hydrogens (tertiary/aromatic N) is 3. The van der Waals surface area contributed by atoms with Crippen molar-refractivity contribution < 1.29 is 5.11 Å². The Kier molecular flexibility index (Phi) is 3.28. The third-order valence-corrected chi connectivity index (χ3v) is 2.54. The summed E-state index contributed by atoms with van der Waals surface area (Å²) in [6.45, 7) is 3.93. The lowest BCUT2D eigenvalue weighted by Crippen LogP contribution is -2.44. The van der Waals surface area contributed by atoms with Crippen LogP contribution in [0.3, 0.4) is 0 Å². The van der Waals surface area contributed by atoms with Gasteiger partial charge in [-0.15, -0.1) is 0 Å². The highest BCUT2D eigenvalue weighted by atomic mass is 16.3. The minimum atomic E-state index is -0.337. The number of aliphatic hydroxyl groups is 1. The van der Waals surface area contributed by atoms with E-state index in [9.17, 15) is 5.11 Å². The van der Waals surface area contributed by atoms with Gasteiger partial charge in [0.2, 0.25) is 0 Å². The van der Waals surface area contributed by atoms with E-state index in [-0.39, 0.29) is 12.1 Å². The molecule has 1 N–H and O–H groups in total. The lowest BCUT2D eigenvalue weighted by molar-refractivity contribution is 0.216. The highest BCUT2D eigenvalue weighted by molar-refractivity contribution is 5.47. The molecule has 0 bridgehead atoms. The number of aliphatic hydroxyl groups excluding tert-OH is 1. The van der Waals surface area contributed by atoms with Crippen molar-refractivity contribution in [3.05, 3.63) is 24.0 Å². The molecule has 1 aromatic rings. The quantitative estimate of drug-likeness (QED) is 0.804. The Bertz CT molecular complexity index is 364. The van der Waals surface area contributed by atoms with Crippen molar-refractivity contribution in [3.63, 3.8) is 0 Å². The van der Waals surface area contributed by atoms with Crippen molar-refractivity contribution in [2.75, 3.05) is 18.6 Å². The second-order valence-corrected chi connectivity index (χ2v) is 4.04. The first-order valence-corrected chi connectivity index (χ1v) is 4.72. The van der Waals surface area contributed by atoms with E-state index in [1.165, 1.54) is 0 Å². The third kappa shape index (κ3) is 2.45. The van der Waals surface area contributed by atoms with Gasteiger partial charge in [-0.2, -0.15) is 5.26 Å². The summed E-state index contributed by atoms with van der Waals surface area (Å²) in [6, 6.07) is 5.46. The largest absolute Gasteiger partial charge is 0.394 e. The average Bonchev–Trinajstić information content (AvgIpc) is 2.28. The fraction of sp³-hybridized carbons (Fsp3) is 0.455. The molecule has 0 fully saturated rings. The molecule has 15 heavy (non-hydrogen) atoms. The molecule has 1 heterocycles. The third-order valence-electron chi connectivity index (χ3n) is 2.54. The van der Waals surface area contributed by atoms with Crippen LogP contribution in [0.15, 0.2) is 18.3 Å². The molecule has 1 rings (SSSR count). The Morgan fingerprint density at radius 2 is 2.20 bits per heavy atom. The van der Waals surface area contributed by atoms with Gasteiger partial charge >= 0.3 is 0 Å². The predicted molar refractivity (Wildman–Crippen MR) is 58.5 cm³/mol. The Labute approximate surface area is 89.8 Å². The van der Waals surface area contributed by atoms with E-state index in [4.69, 9.17) is 5.26 Å². The molecule has 0 saturated heterocycles. The number of anilines is 1. The highest BCUT2D eigenvalue weighted by Gasteiger charge is 2.22. The van der Waals surface area contributed by atoms with Crippen LogP contribution in [0.4, 0.5) is 5.69 Å². The maximum Gasteiger partial charge on any atom is 0.140 e. The van der Waals surface area contributed by atoms with Crippen LogP contribution < -0.4 is 4.90 Å². The van der Waals surface area contributed by atoms with Gasteiger partial charge in [-0.05, 0) is 26.0 Å². The van der Waals surface area contributed by atoms with Crippen LogP contribution in [0, 0.1) is 11.3 Å². The van der Waals surface area contributed by atoms with Gasteiger partial charge in [0, 0.05) is 7.05 Å². The summed E-state index contributed by atoms with van der Waals surface area (Å²) in [4.78, 5) is 5.91. The molecule has 4 nitrogen and oxygen atoms in total. The highest BCUT2D eigenvalue weighted by Crippen LogP contribution is 2.20. The van der Waals surface area contributed by atoms with E-state index in [1.54, 1.807) is 12.3 Å². The zero-order chi connectivity index (χ0) is 11.5. The van der Waals surface area contributed by atoms with Crippen LogP contribution in [0.5, 0.6) is 0 Å². The summed E-state index contributed by atoms with van der Waals surface area (Å²) in [5.41, 5.74) is 0.942. The first kappa shape index (κ1) is 11.5. The number of rotatable bonds is 3. The van der Waals surface area contributed by atoms with E-state index in [0.717, 1.165) is 5.69 Å². The second kappa shape index (κ2) is 4.28.